The van der Waals surface area contributed by atoms with Crippen molar-refractivity contribution in [2.24, 2.45) is 11.3 Å². The zero-order valence-electron chi connectivity index (χ0n) is 14.2. The van der Waals surface area contributed by atoms with Crippen molar-refractivity contribution in [2.45, 2.75) is 64.8 Å². The standard InChI is InChI=1S/C17H29N3O2/c1-13-9-16(2,3)11-17(10-13)14(21)20(15(22)18-17)12-19-7-5-4-6-8-19/h13H,4-12H2,1-3H3,(H,18,22). The van der Waals surface area contributed by atoms with Gasteiger partial charge in [0.2, 0.25) is 0 Å². The Morgan fingerprint density at radius 3 is 2.45 bits per heavy atom. The van der Waals surface area contributed by atoms with Gasteiger partial charge in [-0.15, -0.1) is 0 Å². The van der Waals surface area contributed by atoms with E-state index in [4.69, 9.17) is 0 Å². The van der Waals surface area contributed by atoms with Gasteiger partial charge in [-0.25, -0.2) is 9.69 Å². The lowest BCUT2D eigenvalue weighted by Gasteiger charge is -2.44. The van der Waals surface area contributed by atoms with Crippen LogP contribution in [-0.2, 0) is 4.79 Å². The number of piperidine rings is 1. The van der Waals surface area contributed by atoms with E-state index < -0.39 is 5.54 Å². The van der Waals surface area contributed by atoms with Gasteiger partial charge < -0.3 is 5.32 Å². The summed E-state index contributed by atoms with van der Waals surface area (Å²) in [5, 5.41) is 3.06. The average Bonchev–Trinajstić information content (AvgIpc) is 2.61. The summed E-state index contributed by atoms with van der Waals surface area (Å²) in [5.74, 6) is 0.464. The smallest absolute Gasteiger partial charge is 0.323 e. The Labute approximate surface area is 133 Å². The first-order valence-electron chi connectivity index (χ1n) is 8.68. The normalized spacial score (nSPS) is 36.0. The van der Waals surface area contributed by atoms with Gasteiger partial charge in [-0.3, -0.25) is 9.69 Å². The molecule has 2 unspecified atom stereocenters. The number of urea groups is 1. The first kappa shape index (κ1) is 15.8. The van der Waals surface area contributed by atoms with Gasteiger partial charge in [0.15, 0.2) is 0 Å². The Bertz CT molecular complexity index is 471. The third kappa shape index (κ3) is 2.87. The van der Waals surface area contributed by atoms with Crippen molar-refractivity contribution in [3.63, 3.8) is 0 Å². The van der Waals surface area contributed by atoms with Crippen molar-refractivity contribution in [1.29, 1.82) is 0 Å². The second-order valence-electron chi connectivity index (χ2n) is 8.42. The Hall–Kier alpha value is -1.10. The van der Waals surface area contributed by atoms with Crippen LogP contribution >= 0.6 is 0 Å². The highest BCUT2D eigenvalue weighted by Gasteiger charge is 2.56. The molecule has 0 radical (unpaired) electrons. The van der Waals surface area contributed by atoms with Gasteiger partial charge in [0, 0.05) is 0 Å². The molecule has 2 heterocycles. The van der Waals surface area contributed by atoms with Crippen LogP contribution in [0.25, 0.3) is 0 Å². The summed E-state index contributed by atoms with van der Waals surface area (Å²) in [7, 11) is 0. The second-order valence-corrected chi connectivity index (χ2v) is 8.42. The Morgan fingerprint density at radius 1 is 1.14 bits per heavy atom. The zero-order chi connectivity index (χ0) is 16.0. The van der Waals surface area contributed by atoms with E-state index in [1.807, 2.05) is 0 Å². The fraction of sp³-hybridized carbons (Fsp3) is 0.882. The van der Waals surface area contributed by atoms with E-state index in [0.29, 0.717) is 12.6 Å². The summed E-state index contributed by atoms with van der Waals surface area (Å²) in [4.78, 5) is 29.1. The highest BCUT2D eigenvalue weighted by molar-refractivity contribution is 6.07. The minimum atomic E-state index is -0.659. The SMILES string of the molecule is CC1CC(C)(C)CC2(C1)NC(=O)N(CN1CCCCC1)C2=O. The highest BCUT2D eigenvalue weighted by Crippen LogP contribution is 2.46. The molecule has 2 atom stereocenters. The number of imide groups is 1. The molecule has 3 fully saturated rings. The molecule has 124 valence electrons. The van der Waals surface area contributed by atoms with Gasteiger partial charge in [-0.2, -0.15) is 0 Å². The zero-order valence-corrected chi connectivity index (χ0v) is 14.2. The summed E-state index contributed by atoms with van der Waals surface area (Å²) in [6.07, 6.45) is 6.23. The number of hydrogen-bond acceptors (Lipinski definition) is 3. The molecule has 0 aromatic carbocycles. The predicted molar refractivity (Wildman–Crippen MR) is 85.2 cm³/mol. The Morgan fingerprint density at radius 2 is 1.82 bits per heavy atom. The molecule has 3 aliphatic rings. The fourth-order valence-corrected chi connectivity index (χ4v) is 4.94. The monoisotopic (exact) mass is 307 g/mol. The Kier molecular flexibility index (Phi) is 3.96. The van der Waals surface area contributed by atoms with Crippen molar-refractivity contribution in [3.05, 3.63) is 0 Å². The molecule has 22 heavy (non-hydrogen) atoms. The number of hydrogen-bond donors (Lipinski definition) is 1. The largest absolute Gasteiger partial charge is 0.326 e. The molecular formula is C17H29N3O2. The first-order chi connectivity index (χ1) is 10.3. The van der Waals surface area contributed by atoms with E-state index in [1.54, 1.807) is 0 Å². The third-order valence-corrected chi connectivity index (χ3v) is 5.41. The van der Waals surface area contributed by atoms with Crippen LogP contribution in [0.3, 0.4) is 0 Å². The van der Waals surface area contributed by atoms with Crippen molar-refractivity contribution < 1.29 is 9.59 Å². The van der Waals surface area contributed by atoms with Crippen LogP contribution in [-0.4, -0.2) is 47.0 Å². The van der Waals surface area contributed by atoms with Crippen LogP contribution in [0.5, 0.6) is 0 Å². The number of carbonyl (C=O) groups is 2. The lowest BCUT2D eigenvalue weighted by Crippen LogP contribution is -2.54. The average molecular weight is 307 g/mol. The molecule has 5 heteroatoms. The summed E-state index contributed by atoms with van der Waals surface area (Å²) >= 11 is 0. The van der Waals surface area contributed by atoms with Crippen LogP contribution < -0.4 is 5.32 Å². The number of nitrogens with one attached hydrogen (secondary N) is 1. The molecule has 2 aliphatic heterocycles. The maximum absolute atomic E-state index is 13.0. The number of amides is 3. The molecule has 2 saturated heterocycles. The van der Waals surface area contributed by atoms with Crippen LogP contribution in [0.1, 0.15) is 59.3 Å². The summed E-state index contributed by atoms with van der Waals surface area (Å²) in [5.41, 5.74) is -0.560. The van der Waals surface area contributed by atoms with E-state index in [1.165, 1.54) is 24.2 Å². The van der Waals surface area contributed by atoms with E-state index in [2.05, 4.69) is 31.0 Å². The van der Waals surface area contributed by atoms with Crippen LogP contribution in [0.15, 0.2) is 0 Å². The van der Waals surface area contributed by atoms with Gasteiger partial charge in [-0.05, 0) is 56.5 Å². The molecule has 0 aromatic heterocycles. The van der Waals surface area contributed by atoms with Gasteiger partial charge >= 0.3 is 6.03 Å². The minimum absolute atomic E-state index is 0.00250. The topological polar surface area (TPSA) is 52.7 Å². The summed E-state index contributed by atoms with van der Waals surface area (Å²) in [6.45, 7) is 9.04. The number of nitrogens with zero attached hydrogens (tertiary/aromatic N) is 2. The maximum atomic E-state index is 13.0. The van der Waals surface area contributed by atoms with Gasteiger partial charge in [0.25, 0.3) is 5.91 Å². The third-order valence-electron chi connectivity index (χ3n) is 5.41. The van der Waals surface area contributed by atoms with Crippen molar-refractivity contribution in [2.75, 3.05) is 19.8 Å². The van der Waals surface area contributed by atoms with Gasteiger partial charge in [-0.1, -0.05) is 27.2 Å². The molecule has 3 amide bonds. The number of likely N-dealkylation sites (tertiary alicyclic amines) is 1. The van der Waals surface area contributed by atoms with E-state index in [0.717, 1.165) is 32.4 Å². The molecule has 0 aromatic rings. The predicted octanol–water partition coefficient (Wildman–Crippen LogP) is 2.57. The number of carbonyl (C=O) groups excluding carboxylic acids is 2. The lowest BCUT2D eigenvalue weighted by molar-refractivity contribution is -0.136. The Balaban J connectivity index is 1.75. The van der Waals surface area contributed by atoms with Crippen molar-refractivity contribution in [3.8, 4) is 0 Å². The molecule has 1 saturated carbocycles. The maximum Gasteiger partial charge on any atom is 0.326 e. The first-order valence-corrected chi connectivity index (χ1v) is 8.68. The van der Waals surface area contributed by atoms with Crippen LogP contribution in [0.2, 0.25) is 0 Å². The van der Waals surface area contributed by atoms with E-state index >= 15 is 0 Å². The summed E-state index contributed by atoms with van der Waals surface area (Å²) < 4.78 is 0. The fourth-order valence-electron chi connectivity index (χ4n) is 4.94. The van der Waals surface area contributed by atoms with Crippen molar-refractivity contribution in [1.82, 2.24) is 15.1 Å². The van der Waals surface area contributed by atoms with E-state index in [-0.39, 0.29) is 17.4 Å². The van der Waals surface area contributed by atoms with Gasteiger partial charge in [0.1, 0.15) is 5.54 Å². The van der Waals surface area contributed by atoms with Crippen molar-refractivity contribution >= 4 is 11.9 Å². The van der Waals surface area contributed by atoms with Crippen LogP contribution in [0.4, 0.5) is 4.79 Å². The summed E-state index contributed by atoms with van der Waals surface area (Å²) in [6, 6.07) is -0.194. The second kappa shape index (κ2) is 5.52. The molecule has 1 aliphatic carbocycles. The van der Waals surface area contributed by atoms with E-state index in [9.17, 15) is 9.59 Å². The quantitative estimate of drug-likeness (QED) is 0.798. The number of rotatable bonds is 2. The lowest BCUT2D eigenvalue weighted by atomic mass is 9.64. The molecule has 3 rings (SSSR count). The highest BCUT2D eigenvalue weighted by atomic mass is 16.2. The molecular weight excluding hydrogens is 278 g/mol. The van der Waals surface area contributed by atoms with Crippen LogP contribution in [0, 0.1) is 11.3 Å². The molecule has 5 nitrogen and oxygen atoms in total. The molecule has 0 bridgehead atoms. The minimum Gasteiger partial charge on any atom is -0.323 e. The molecule has 1 N–H and O–H groups in total. The molecule has 1 spiro atoms. The van der Waals surface area contributed by atoms with Gasteiger partial charge in [0.05, 0.1) is 6.67 Å².